The van der Waals surface area contributed by atoms with Crippen LogP contribution in [0.25, 0.3) is 11.2 Å². The van der Waals surface area contributed by atoms with E-state index in [-0.39, 0.29) is 25.0 Å². The van der Waals surface area contributed by atoms with Crippen molar-refractivity contribution in [1.82, 2.24) is 24.8 Å². The number of aromatic amines is 1. The van der Waals surface area contributed by atoms with E-state index in [1.807, 2.05) is 0 Å². The summed E-state index contributed by atoms with van der Waals surface area (Å²) in [4.78, 5) is 41.3. The highest BCUT2D eigenvalue weighted by molar-refractivity contribution is 5.88. The van der Waals surface area contributed by atoms with Crippen LogP contribution in [0, 0.1) is 0 Å². The molecule has 0 bridgehead atoms. The number of imidazole rings is 1. The Morgan fingerprint density at radius 3 is 2.64 bits per heavy atom. The molecule has 0 atom stereocenters. The number of nitrogens with zero attached hydrogens (tertiary/aromatic N) is 5. The lowest BCUT2D eigenvalue weighted by Gasteiger charge is -2.27. The van der Waals surface area contributed by atoms with Gasteiger partial charge in [0.05, 0.1) is 12.9 Å². The van der Waals surface area contributed by atoms with E-state index in [0.717, 1.165) is 0 Å². The third-order valence-corrected chi connectivity index (χ3v) is 3.19. The van der Waals surface area contributed by atoms with Gasteiger partial charge in [-0.3, -0.25) is 9.59 Å². The molecule has 0 radical (unpaired) electrons. The number of anilines is 1. The fourth-order valence-electron chi connectivity index (χ4n) is 2.11. The van der Waals surface area contributed by atoms with Crippen LogP contribution in [0.15, 0.2) is 12.7 Å². The van der Waals surface area contributed by atoms with Crippen molar-refractivity contribution >= 4 is 28.9 Å². The smallest absolute Gasteiger partial charge is 0.323 e. The minimum absolute atomic E-state index is 0.0105. The van der Waals surface area contributed by atoms with Gasteiger partial charge in [0.1, 0.15) is 18.4 Å². The lowest BCUT2D eigenvalue weighted by Crippen LogP contribution is -2.45. The summed E-state index contributed by atoms with van der Waals surface area (Å²) in [6.07, 6.45) is 2.88. The summed E-state index contributed by atoms with van der Waals surface area (Å²) in [5.74, 6) is -0.788. The Morgan fingerprint density at radius 2 is 2.00 bits per heavy atom. The minimum Gasteiger partial charge on any atom is -0.480 e. The summed E-state index contributed by atoms with van der Waals surface area (Å²) in [6.45, 7) is 3.24. The van der Waals surface area contributed by atoms with E-state index in [9.17, 15) is 9.59 Å². The van der Waals surface area contributed by atoms with Crippen molar-refractivity contribution in [3.63, 3.8) is 0 Å². The lowest BCUT2D eigenvalue weighted by atomic mass is 10.3. The van der Waals surface area contributed by atoms with Gasteiger partial charge < -0.3 is 19.9 Å². The Hall–Kier alpha value is -2.71. The van der Waals surface area contributed by atoms with Gasteiger partial charge >= 0.3 is 5.97 Å². The van der Waals surface area contributed by atoms with Gasteiger partial charge in [-0.05, 0) is 13.8 Å². The van der Waals surface area contributed by atoms with E-state index in [1.54, 1.807) is 25.8 Å². The SMILES string of the molecule is CC(C)N(CC(=O)O)C(=O)CN(C)c1ncnc2nc[nH]c12. The topological polar surface area (TPSA) is 115 Å². The monoisotopic (exact) mass is 306 g/mol. The minimum atomic E-state index is -1.04. The quantitative estimate of drug-likeness (QED) is 0.778. The fourth-order valence-corrected chi connectivity index (χ4v) is 2.11. The van der Waals surface area contributed by atoms with Crippen LogP contribution in [0.2, 0.25) is 0 Å². The molecular formula is C13H18N6O3. The molecule has 1 amide bonds. The number of carboxylic acid groups (broad SMARTS) is 1. The second-order valence-electron chi connectivity index (χ2n) is 5.16. The number of carbonyl (C=O) groups is 2. The number of aliphatic carboxylic acids is 1. The first-order chi connectivity index (χ1) is 10.4. The summed E-state index contributed by atoms with van der Waals surface area (Å²) in [5, 5.41) is 8.91. The highest BCUT2D eigenvalue weighted by atomic mass is 16.4. The van der Waals surface area contributed by atoms with Crippen molar-refractivity contribution < 1.29 is 14.7 Å². The average molecular weight is 306 g/mol. The molecule has 2 N–H and O–H groups in total. The molecule has 0 saturated heterocycles. The van der Waals surface area contributed by atoms with Gasteiger partial charge in [-0.25, -0.2) is 15.0 Å². The molecule has 9 heteroatoms. The van der Waals surface area contributed by atoms with Crippen molar-refractivity contribution in [2.75, 3.05) is 25.0 Å². The summed E-state index contributed by atoms with van der Waals surface area (Å²) >= 11 is 0. The Morgan fingerprint density at radius 1 is 1.27 bits per heavy atom. The van der Waals surface area contributed by atoms with E-state index in [4.69, 9.17) is 5.11 Å². The first-order valence-corrected chi connectivity index (χ1v) is 6.76. The molecule has 0 aliphatic heterocycles. The third-order valence-electron chi connectivity index (χ3n) is 3.19. The van der Waals surface area contributed by atoms with Crippen molar-refractivity contribution in [2.24, 2.45) is 0 Å². The molecular weight excluding hydrogens is 288 g/mol. The largest absolute Gasteiger partial charge is 0.480 e. The van der Waals surface area contributed by atoms with E-state index in [2.05, 4.69) is 19.9 Å². The van der Waals surface area contributed by atoms with E-state index in [0.29, 0.717) is 17.0 Å². The standard InChI is InChI=1S/C13H18N6O3/c1-8(2)19(5-10(21)22)9(20)4-18(3)13-11-12(15-6-14-11)16-7-17-13/h6-8H,4-5H2,1-3H3,(H,21,22)(H,14,15,16,17). The number of hydrogen-bond donors (Lipinski definition) is 2. The Kier molecular flexibility index (Phi) is 4.54. The lowest BCUT2D eigenvalue weighted by molar-refractivity contribution is -0.145. The van der Waals surface area contributed by atoms with E-state index in [1.165, 1.54) is 17.6 Å². The number of aromatic nitrogens is 4. The van der Waals surface area contributed by atoms with Crippen LogP contribution >= 0.6 is 0 Å². The molecule has 0 aromatic carbocycles. The Balaban J connectivity index is 2.16. The van der Waals surface area contributed by atoms with Crippen LogP contribution in [-0.2, 0) is 9.59 Å². The Labute approximate surface area is 127 Å². The Bertz CT molecular complexity index is 683. The summed E-state index contributed by atoms with van der Waals surface area (Å²) in [7, 11) is 1.71. The highest BCUT2D eigenvalue weighted by Gasteiger charge is 2.22. The zero-order chi connectivity index (χ0) is 16.3. The second kappa shape index (κ2) is 6.37. The first-order valence-electron chi connectivity index (χ1n) is 6.76. The summed E-state index contributed by atoms with van der Waals surface area (Å²) in [6, 6.07) is -0.199. The van der Waals surface area contributed by atoms with Crippen LogP contribution in [0.1, 0.15) is 13.8 Å². The third kappa shape index (κ3) is 3.30. The molecule has 2 heterocycles. The van der Waals surface area contributed by atoms with Gasteiger partial charge in [0.15, 0.2) is 11.5 Å². The molecule has 2 aromatic heterocycles. The summed E-state index contributed by atoms with van der Waals surface area (Å²) < 4.78 is 0. The number of carbonyl (C=O) groups excluding carboxylic acids is 1. The van der Waals surface area contributed by atoms with Crippen LogP contribution in [0.5, 0.6) is 0 Å². The van der Waals surface area contributed by atoms with Crippen LogP contribution in [0.4, 0.5) is 5.82 Å². The maximum absolute atomic E-state index is 12.3. The number of H-pyrrole nitrogens is 1. The number of rotatable bonds is 6. The predicted octanol–water partition coefficient (Wildman–Crippen LogP) is 0.111. The second-order valence-corrected chi connectivity index (χ2v) is 5.16. The van der Waals surface area contributed by atoms with Gasteiger partial charge in [-0.1, -0.05) is 0 Å². The zero-order valence-electron chi connectivity index (χ0n) is 12.6. The van der Waals surface area contributed by atoms with Crippen LogP contribution in [0.3, 0.4) is 0 Å². The van der Waals surface area contributed by atoms with Crippen LogP contribution in [-0.4, -0.2) is 68.0 Å². The van der Waals surface area contributed by atoms with Crippen molar-refractivity contribution in [3.05, 3.63) is 12.7 Å². The first kappa shape index (κ1) is 15.7. The van der Waals surface area contributed by atoms with Gasteiger partial charge in [-0.2, -0.15) is 0 Å². The molecule has 0 spiro atoms. The van der Waals surface area contributed by atoms with Gasteiger partial charge in [0, 0.05) is 13.1 Å². The molecule has 0 fully saturated rings. The molecule has 118 valence electrons. The van der Waals surface area contributed by atoms with Crippen molar-refractivity contribution in [3.8, 4) is 0 Å². The molecule has 9 nitrogen and oxygen atoms in total. The van der Waals surface area contributed by atoms with Gasteiger partial charge in [-0.15, -0.1) is 0 Å². The molecule has 22 heavy (non-hydrogen) atoms. The zero-order valence-corrected chi connectivity index (χ0v) is 12.6. The van der Waals surface area contributed by atoms with Crippen molar-refractivity contribution in [1.29, 1.82) is 0 Å². The number of likely N-dealkylation sites (N-methyl/N-ethyl adjacent to an activating group) is 1. The number of amides is 1. The number of carboxylic acids is 1. The highest BCUT2D eigenvalue weighted by Crippen LogP contribution is 2.18. The average Bonchev–Trinajstić information content (AvgIpc) is 2.92. The van der Waals surface area contributed by atoms with Crippen molar-refractivity contribution in [2.45, 2.75) is 19.9 Å². The molecule has 0 unspecified atom stereocenters. The van der Waals surface area contributed by atoms with Crippen LogP contribution < -0.4 is 4.90 Å². The molecule has 0 saturated carbocycles. The maximum Gasteiger partial charge on any atom is 0.323 e. The number of fused-ring (bicyclic) bond motifs is 1. The normalized spacial score (nSPS) is 10.9. The maximum atomic E-state index is 12.3. The number of nitrogens with one attached hydrogen (secondary N) is 1. The molecule has 0 aliphatic carbocycles. The fraction of sp³-hybridized carbons (Fsp3) is 0.462. The molecule has 2 aromatic rings. The molecule has 2 rings (SSSR count). The predicted molar refractivity (Wildman–Crippen MR) is 79.4 cm³/mol. The summed E-state index contributed by atoms with van der Waals surface area (Å²) in [5.41, 5.74) is 1.14. The van der Waals surface area contributed by atoms with Gasteiger partial charge in [0.25, 0.3) is 0 Å². The van der Waals surface area contributed by atoms with E-state index >= 15 is 0 Å². The van der Waals surface area contributed by atoms with E-state index < -0.39 is 5.97 Å². The number of hydrogen-bond acceptors (Lipinski definition) is 6. The molecule has 0 aliphatic rings. The van der Waals surface area contributed by atoms with Gasteiger partial charge in [0.2, 0.25) is 5.91 Å².